The Morgan fingerprint density at radius 1 is 1.10 bits per heavy atom. The van der Waals surface area contributed by atoms with Gasteiger partial charge in [-0.3, -0.25) is 15.2 Å². The lowest BCUT2D eigenvalue weighted by atomic mass is 10.1. The SMILES string of the molecule is COc1ccc(CC(=O)N2CCN(S(=O)(=O)C3CNNC3c3ccncc3)CC2)cc1. The molecule has 0 saturated carbocycles. The van der Waals surface area contributed by atoms with Gasteiger partial charge < -0.3 is 9.64 Å². The molecule has 0 radical (unpaired) electrons. The van der Waals surface area contributed by atoms with Crippen molar-refractivity contribution in [3.63, 3.8) is 0 Å². The van der Waals surface area contributed by atoms with Gasteiger partial charge in [0.05, 0.1) is 19.6 Å². The second-order valence-corrected chi connectivity index (χ2v) is 9.82. The van der Waals surface area contributed by atoms with E-state index in [1.807, 2.05) is 36.4 Å². The number of hydrazine groups is 1. The molecule has 2 fully saturated rings. The van der Waals surface area contributed by atoms with Crippen molar-refractivity contribution >= 4 is 15.9 Å². The van der Waals surface area contributed by atoms with Gasteiger partial charge in [0.2, 0.25) is 15.9 Å². The van der Waals surface area contributed by atoms with Crippen LogP contribution < -0.4 is 15.6 Å². The molecule has 1 aromatic heterocycles. The van der Waals surface area contributed by atoms with E-state index < -0.39 is 15.3 Å². The van der Waals surface area contributed by atoms with Gasteiger partial charge in [-0.25, -0.2) is 13.8 Å². The van der Waals surface area contributed by atoms with E-state index in [-0.39, 0.29) is 18.4 Å². The maximum atomic E-state index is 13.3. The molecule has 3 heterocycles. The van der Waals surface area contributed by atoms with Crippen LogP contribution in [0, 0.1) is 0 Å². The van der Waals surface area contributed by atoms with E-state index >= 15 is 0 Å². The summed E-state index contributed by atoms with van der Waals surface area (Å²) in [5.74, 6) is 0.747. The molecule has 2 saturated heterocycles. The van der Waals surface area contributed by atoms with E-state index in [9.17, 15) is 13.2 Å². The van der Waals surface area contributed by atoms with Crippen molar-refractivity contribution in [3.05, 3.63) is 59.9 Å². The minimum atomic E-state index is -3.54. The van der Waals surface area contributed by atoms with Gasteiger partial charge in [-0.15, -0.1) is 0 Å². The quantitative estimate of drug-likeness (QED) is 0.660. The van der Waals surface area contributed by atoms with Crippen molar-refractivity contribution in [2.24, 2.45) is 0 Å². The number of sulfonamides is 1. The Hall–Kier alpha value is -2.53. The van der Waals surface area contributed by atoms with E-state index in [0.29, 0.717) is 32.7 Å². The number of nitrogens with one attached hydrogen (secondary N) is 2. The molecular formula is C21H27N5O4S. The predicted octanol–water partition coefficient (Wildman–Crippen LogP) is 0.324. The van der Waals surface area contributed by atoms with Gasteiger partial charge >= 0.3 is 0 Å². The molecular weight excluding hydrogens is 418 g/mol. The minimum Gasteiger partial charge on any atom is -0.497 e. The standard InChI is InChI=1S/C21H27N5O4S/c1-30-18-4-2-16(3-5-18)14-20(27)25-10-12-26(13-11-25)31(28,29)19-15-23-24-21(19)17-6-8-22-9-7-17/h2-9,19,21,23-24H,10-15H2,1H3. The van der Waals surface area contributed by atoms with E-state index in [4.69, 9.17) is 4.74 Å². The van der Waals surface area contributed by atoms with Crippen LogP contribution in [0.2, 0.25) is 0 Å². The summed E-state index contributed by atoms with van der Waals surface area (Å²) in [5.41, 5.74) is 7.84. The molecule has 0 aliphatic carbocycles. The smallest absolute Gasteiger partial charge is 0.227 e. The molecule has 0 spiro atoms. The van der Waals surface area contributed by atoms with Crippen molar-refractivity contribution in [1.29, 1.82) is 0 Å². The number of rotatable bonds is 6. The van der Waals surface area contributed by atoms with Gasteiger partial charge in [0.15, 0.2) is 0 Å². The van der Waals surface area contributed by atoms with Crippen LogP contribution in [0.3, 0.4) is 0 Å². The van der Waals surface area contributed by atoms with Crippen LogP contribution >= 0.6 is 0 Å². The Morgan fingerprint density at radius 2 is 1.77 bits per heavy atom. The number of piperazine rings is 1. The molecule has 4 rings (SSSR count). The number of hydrogen-bond donors (Lipinski definition) is 2. The highest BCUT2D eigenvalue weighted by Crippen LogP contribution is 2.27. The fraction of sp³-hybridized carbons (Fsp3) is 0.429. The predicted molar refractivity (Wildman–Crippen MR) is 116 cm³/mol. The molecule has 1 aromatic carbocycles. The fourth-order valence-corrected chi connectivity index (χ4v) is 5.96. The second-order valence-electron chi connectivity index (χ2n) is 7.67. The molecule has 166 valence electrons. The zero-order valence-corrected chi connectivity index (χ0v) is 18.2. The second kappa shape index (κ2) is 9.31. The Labute approximate surface area is 182 Å². The summed E-state index contributed by atoms with van der Waals surface area (Å²) in [7, 11) is -1.94. The Kier molecular flexibility index (Phi) is 6.51. The number of amides is 1. The highest BCUT2D eigenvalue weighted by molar-refractivity contribution is 7.89. The average Bonchev–Trinajstić information content (AvgIpc) is 3.31. The summed E-state index contributed by atoms with van der Waals surface area (Å²) in [5, 5.41) is -0.614. The van der Waals surface area contributed by atoms with Crippen LogP contribution in [0.4, 0.5) is 0 Å². The first-order valence-corrected chi connectivity index (χ1v) is 11.8. The van der Waals surface area contributed by atoms with Crippen LogP contribution in [-0.2, 0) is 21.2 Å². The number of hydrogen-bond acceptors (Lipinski definition) is 7. The van der Waals surface area contributed by atoms with Gasteiger partial charge in [-0.05, 0) is 35.4 Å². The van der Waals surface area contributed by atoms with Crippen molar-refractivity contribution in [2.75, 3.05) is 39.8 Å². The number of pyridine rings is 1. The number of carbonyl (C=O) groups is 1. The summed E-state index contributed by atoms with van der Waals surface area (Å²) in [6.45, 7) is 1.71. The summed E-state index contributed by atoms with van der Waals surface area (Å²) in [4.78, 5) is 18.4. The largest absolute Gasteiger partial charge is 0.497 e. The maximum Gasteiger partial charge on any atom is 0.227 e. The molecule has 2 aliphatic rings. The third-order valence-corrected chi connectivity index (χ3v) is 8.13. The highest BCUT2D eigenvalue weighted by Gasteiger charge is 2.42. The molecule has 1 amide bonds. The van der Waals surface area contributed by atoms with Gasteiger partial charge in [0.25, 0.3) is 0 Å². The van der Waals surface area contributed by atoms with Crippen LogP contribution in [0.5, 0.6) is 5.75 Å². The van der Waals surface area contributed by atoms with Crippen molar-refractivity contribution in [1.82, 2.24) is 25.0 Å². The summed E-state index contributed by atoms with van der Waals surface area (Å²) >= 11 is 0. The number of nitrogens with zero attached hydrogens (tertiary/aromatic N) is 3. The zero-order valence-electron chi connectivity index (χ0n) is 17.4. The third-order valence-electron chi connectivity index (χ3n) is 5.85. The van der Waals surface area contributed by atoms with Crippen LogP contribution in [0.25, 0.3) is 0 Å². The Balaban J connectivity index is 1.36. The maximum absolute atomic E-state index is 13.3. The third kappa shape index (κ3) is 4.72. The van der Waals surface area contributed by atoms with Crippen LogP contribution in [0.1, 0.15) is 17.2 Å². The highest BCUT2D eigenvalue weighted by atomic mass is 32.2. The first-order chi connectivity index (χ1) is 15.0. The molecule has 2 N–H and O–H groups in total. The fourth-order valence-electron chi connectivity index (χ4n) is 4.04. The lowest BCUT2D eigenvalue weighted by Crippen LogP contribution is -2.53. The molecule has 2 unspecified atom stereocenters. The topological polar surface area (TPSA) is 104 Å². The molecule has 9 nitrogen and oxygen atoms in total. The molecule has 10 heteroatoms. The monoisotopic (exact) mass is 445 g/mol. The average molecular weight is 446 g/mol. The van der Waals surface area contributed by atoms with Gasteiger partial charge in [-0.1, -0.05) is 12.1 Å². The van der Waals surface area contributed by atoms with Crippen molar-refractivity contribution < 1.29 is 17.9 Å². The van der Waals surface area contributed by atoms with Gasteiger partial charge in [0, 0.05) is 45.1 Å². The zero-order chi connectivity index (χ0) is 21.8. The number of aromatic nitrogens is 1. The molecule has 31 heavy (non-hydrogen) atoms. The van der Waals surface area contributed by atoms with Crippen molar-refractivity contribution in [3.8, 4) is 5.75 Å². The number of carbonyl (C=O) groups excluding carboxylic acids is 1. The van der Waals surface area contributed by atoms with E-state index in [1.165, 1.54) is 4.31 Å². The Bertz CT molecular complexity index is 992. The van der Waals surface area contributed by atoms with Crippen LogP contribution in [0.15, 0.2) is 48.8 Å². The Morgan fingerprint density at radius 3 is 2.42 bits per heavy atom. The lowest BCUT2D eigenvalue weighted by Gasteiger charge is -2.36. The molecule has 2 aliphatic heterocycles. The van der Waals surface area contributed by atoms with Crippen molar-refractivity contribution in [2.45, 2.75) is 17.7 Å². The lowest BCUT2D eigenvalue weighted by molar-refractivity contribution is -0.131. The molecule has 0 bridgehead atoms. The van der Waals surface area contributed by atoms with Gasteiger partial charge in [-0.2, -0.15) is 4.31 Å². The summed E-state index contributed by atoms with van der Waals surface area (Å²) in [6.07, 6.45) is 3.61. The summed E-state index contributed by atoms with van der Waals surface area (Å²) in [6, 6.07) is 10.7. The summed E-state index contributed by atoms with van der Waals surface area (Å²) < 4.78 is 33.3. The number of benzene rings is 1. The first kappa shape index (κ1) is 21.7. The van der Waals surface area contributed by atoms with E-state index in [2.05, 4.69) is 15.8 Å². The van der Waals surface area contributed by atoms with Crippen LogP contribution in [-0.4, -0.2) is 73.6 Å². The molecule has 2 atom stereocenters. The first-order valence-electron chi connectivity index (χ1n) is 10.3. The number of ether oxygens (including phenoxy) is 1. The molecule has 2 aromatic rings. The number of methoxy groups -OCH3 is 1. The minimum absolute atomic E-state index is 0.000997. The van der Waals surface area contributed by atoms with Gasteiger partial charge in [0.1, 0.15) is 11.0 Å². The van der Waals surface area contributed by atoms with E-state index in [0.717, 1.165) is 16.9 Å². The normalized spacial score (nSPS) is 22.4. The van der Waals surface area contributed by atoms with E-state index in [1.54, 1.807) is 24.4 Å².